The molecule has 0 aliphatic heterocycles. The summed E-state index contributed by atoms with van der Waals surface area (Å²) < 4.78 is 0. The number of halogens is 1. The number of hydrogen-bond acceptors (Lipinski definition) is 2. The Bertz CT molecular complexity index is 905. The highest BCUT2D eigenvalue weighted by atomic mass is 35.5. The summed E-state index contributed by atoms with van der Waals surface area (Å²) in [5.74, 6) is -0.125. The van der Waals surface area contributed by atoms with Gasteiger partial charge in [-0.1, -0.05) is 60.1 Å². The number of pyridine rings is 1. The lowest BCUT2D eigenvalue weighted by Crippen LogP contribution is -2.24. The van der Waals surface area contributed by atoms with E-state index in [1.807, 2.05) is 61.5 Å². The number of amides is 1. The molecule has 0 saturated heterocycles. The van der Waals surface area contributed by atoms with Crippen molar-refractivity contribution in [2.75, 3.05) is 0 Å². The van der Waals surface area contributed by atoms with E-state index in [1.54, 1.807) is 24.4 Å². The van der Waals surface area contributed by atoms with Crippen LogP contribution >= 0.6 is 11.6 Å². The van der Waals surface area contributed by atoms with E-state index < -0.39 is 0 Å². The summed E-state index contributed by atoms with van der Waals surface area (Å²) >= 11 is 5.85. The molecule has 3 rings (SSSR count). The molecule has 130 valence electrons. The maximum absolute atomic E-state index is 12.2. The first kappa shape index (κ1) is 17.9. The molecule has 1 heterocycles. The summed E-state index contributed by atoms with van der Waals surface area (Å²) in [6.07, 6.45) is 5.10. The Hall–Kier alpha value is -2.91. The number of aromatic nitrogens is 1. The lowest BCUT2D eigenvalue weighted by atomic mass is 10.0. The second-order valence-corrected chi connectivity index (χ2v) is 6.36. The Labute approximate surface area is 158 Å². The van der Waals surface area contributed by atoms with Gasteiger partial charge in [-0.15, -0.1) is 0 Å². The van der Waals surface area contributed by atoms with Crippen LogP contribution in [0.1, 0.15) is 24.1 Å². The topological polar surface area (TPSA) is 42.0 Å². The fourth-order valence-corrected chi connectivity index (χ4v) is 2.73. The second-order valence-electron chi connectivity index (χ2n) is 5.97. The van der Waals surface area contributed by atoms with Crippen molar-refractivity contribution in [3.63, 3.8) is 0 Å². The largest absolute Gasteiger partial charge is 0.346 e. The van der Waals surface area contributed by atoms with Gasteiger partial charge in [-0.05, 0) is 47.9 Å². The van der Waals surface area contributed by atoms with Crippen LogP contribution in [-0.2, 0) is 4.79 Å². The van der Waals surface area contributed by atoms with E-state index in [9.17, 15) is 4.79 Å². The van der Waals surface area contributed by atoms with Crippen molar-refractivity contribution in [1.29, 1.82) is 0 Å². The molecule has 0 unspecified atom stereocenters. The van der Waals surface area contributed by atoms with E-state index >= 15 is 0 Å². The van der Waals surface area contributed by atoms with Gasteiger partial charge < -0.3 is 5.32 Å². The summed E-state index contributed by atoms with van der Waals surface area (Å²) in [6, 6.07) is 21.4. The van der Waals surface area contributed by atoms with E-state index in [2.05, 4.69) is 16.4 Å². The van der Waals surface area contributed by atoms with Crippen LogP contribution in [0.25, 0.3) is 17.2 Å². The van der Waals surface area contributed by atoms with Crippen molar-refractivity contribution in [1.82, 2.24) is 10.3 Å². The summed E-state index contributed by atoms with van der Waals surface area (Å²) in [4.78, 5) is 16.3. The van der Waals surface area contributed by atoms with Gasteiger partial charge in [0.15, 0.2) is 0 Å². The van der Waals surface area contributed by atoms with Crippen LogP contribution in [0, 0.1) is 0 Å². The van der Waals surface area contributed by atoms with E-state index in [-0.39, 0.29) is 11.9 Å². The highest BCUT2D eigenvalue weighted by molar-refractivity contribution is 6.29. The molecule has 0 fully saturated rings. The Morgan fingerprint density at radius 2 is 1.85 bits per heavy atom. The Balaban J connectivity index is 1.69. The van der Waals surface area contributed by atoms with Crippen LogP contribution in [0.15, 0.2) is 79.0 Å². The fourth-order valence-electron chi connectivity index (χ4n) is 2.62. The molecule has 3 aromatic rings. The van der Waals surface area contributed by atoms with Gasteiger partial charge in [0, 0.05) is 17.8 Å². The summed E-state index contributed by atoms with van der Waals surface area (Å²) in [7, 11) is 0. The highest BCUT2D eigenvalue weighted by Crippen LogP contribution is 2.23. The number of rotatable bonds is 5. The molecule has 1 atom stereocenters. The van der Waals surface area contributed by atoms with Crippen molar-refractivity contribution in [2.24, 2.45) is 0 Å². The zero-order valence-corrected chi connectivity index (χ0v) is 15.1. The van der Waals surface area contributed by atoms with Crippen molar-refractivity contribution in [3.05, 3.63) is 95.3 Å². The summed E-state index contributed by atoms with van der Waals surface area (Å²) in [5.41, 5.74) is 4.04. The molecule has 0 bridgehead atoms. The molecule has 1 aromatic heterocycles. The standard InChI is InChI=1S/C22H19ClN2O/c1-16(25-22(26)13-10-17-6-3-2-4-7-17)18-8-5-9-19(14-18)20-11-12-21(23)24-15-20/h2-16H,1H3,(H,25,26)/t16-/m0/s1. The fraction of sp³-hybridized carbons (Fsp3) is 0.0909. The number of benzene rings is 2. The minimum atomic E-state index is -0.125. The quantitative estimate of drug-likeness (QED) is 0.494. The Kier molecular flexibility index (Phi) is 5.82. The van der Waals surface area contributed by atoms with E-state index in [1.165, 1.54) is 0 Å². The Morgan fingerprint density at radius 3 is 2.58 bits per heavy atom. The van der Waals surface area contributed by atoms with Crippen LogP contribution in [0.3, 0.4) is 0 Å². The van der Waals surface area contributed by atoms with Crippen molar-refractivity contribution < 1.29 is 4.79 Å². The smallest absolute Gasteiger partial charge is 0.244 e. The number of carbonyl (C=O) groups excluding carboxylic acids is 1. The maximum atomic E-state index is 12.2. The molecular weight excluding hydrogens is 344 g/mol. The molecule has 0 aliphatic carbocycles. The molecular formula is C22H19ClN2O. The van der Waals surface area contributed by atoms with Crippen LogP contribution in [0.4, 0.5) is 0 Å². The number of hydrogen-bond donors (Lipinski definition) is 1. The molecule has 1 amide bonds. The van der Waals surface area contributed by atoms with Gasteiger partial charge in [0.05, 0.1) is 6.04 Å². The van der Waals surface area contributed by atoms with Crippen molar-refractivity contribution in [2.45, 2.75) is 13.0 Å². The Morgan fingerprint density at radius 1 is 1.04 bits per heavy atom. The second kappa shape index (κ2) is 8.45. The van der Waals surface area contributed by atoms with Crippen LogP contribution in [0.5, 0.6) is 0 Å². The SMILES string of the molecule is C[C@H](NC(=O)C=Cc1ccccc1)c1cccc(-c2ccc(Cl)nc2)c1. The van der Waals surface area contributed by atoms with Gasteiger partial charge in [-0.2, -0.15) is 0 Å². The summed E-state index contributed by atoms with van der Waals surface area (Å²) in [6.45, 7) is 1.97. The third-order valence-electron chi connectivity index (χ3n) is 4.03. The van der Waals surface area contributed by atoms with Gasteiger partial charge in [0.25, 0.3) is 0 Å². The maximum Gasteiger partial charge on any atom is 0.244 e. The van der Waals surface area contributed by atoms with E-state index in [0.29, 0.717) is 5.15 Å². The molecule has 1 N–H and O–H groups in total. The molecule has 2 aromatic carbocycles. The van der Waals surface area contributed by atoms with Crippen LogP contribution in [0.2, 0.25) is 5.15 Å². The first-order chi connectivity index (χ1) is 12.6. The van der Waals surface area contributed by atoms with Gasteiger partial charge in [0.2, 0.25) is 5.91 Å². The van der Waals surface area contributed by atoms with Crippen LogP contribution in [-0.4, -0.2) is 10.9 Å². The number of nitrogens with one attached hydrogen (secondary N) is 1. The third kappa shape index (κ3) is 4.80. The van der Waals surface area contributed by atoms with Gasteiger partial charge in [0.1, 0.15) is 5.15 Å². The first-order valence-corrected chi connectivity index (χ1v) is 8.75. The molecule has 3 nitrogen and oxygen atoms in total. The molecule has 0 aliphatic rings. The average molecular weight is 363 g/mol. The monoisotopic (exact) mass is 362 g/mol. The lowest BCUT2D eigenvalue weighted by Gasteiger charge is -2.14. The number of carbonyl (C=O) groups is 1. The molecule has 26 heavy (non-hydrogen) atoms. The molecule has 0 spiro atoms. The minimum Gasteiger partial charge on any atom is -0.346 e. The van der Waals surface area contributed by atoms with Gasteiger partial charge >= 0.3 is 0 Å². The molecule has 0 saturated carbocycles. The summed E-state index contributed by atoms with van der Waals surface area (Å²) in [5, 5.41) is 3.46. The average Bonchev–Trinajstić information content (AvgIpc) is 2.68. The first-order valence-electron chi connectivity index (χ1n) is 8.37. The van der Waals surface area contributed by atoms with E-state index in [0.717, 1.165) is 22.3 Å². The third-order valence-corrected chi connectivity index (χ3v) is 4.26. The molecule has 4 heteroatoms. The zero-order chi connectivity index (χ0) is 18.4. The minimum absolute atomic E-state index is 0.108. The molecule has 0 radical (unpaired) electrons. The van der Waals surface area contributed by atoms with Gasteiger partial charge in [-0.3, -0.25) is 4.79 Å². The lowest BCUT2D eigenvalue weighted by molar-refractivity contribution is -0.117. The predicted molar refractivity (Wildman–Crippen MR) is 107 cm³/mol. The normalized spacial score (nSPS) is 12.1. The van der Waals surface area contributed by atoms with Gasteiger partial charge in [-0.25, -0.2) is 4.98 Å². The van der Waals surface area contributed by atoms with Crippen molar-refractivity contribution >= 4 is 23.6 Å². The number of nitrogens with zero attached hydrogens (tertiary/aromatic N) is 1. The van der Waals surface area contributed by atoms with Crippen molar-refractivity contribution in [3.8, 4) is 11.1 Å². The van der Waals surface area contributed by atoms with Crippen LogP contribution < -0.4 is 5.32 Å². The predicted octanol–water partition coefficient (Wildman–Crippen LogP) is 5.29. The zero-order valence-electron chi connectivity index (χ0n) is 14.4. The highest BCUT2D eigenvalue weighted by Gasteiger charge is 2.09. The van der Waals surface area contributed by atoms with E-state index in [4.69, 9.17) is 11.6 Å².